The summed E-state index contributed by atoms with van der Waals surface area (Å²) in [5, 5.41) is 5.59. The van der Waals surface area contributed by atoms with Crippen LogP contribution in [0.15, 0.2) is 24.3 Å². The highest BCUT2D eigenvalue weighted by Crippen LogP contribution is 2.16. The maximum absolute atomic E-state index is 12.0. The SMILES string of the molecule is CC(C)(C)C(=O)NCC(=O)NCc1ccccc1CN1CCCCC1. The average Bonchev–Trinajstić information content (AvgIpc) is 2.59. The molecule has 5 heteroatoms. The molecule has 1 saturated heterocycles. The summed E-state index contributed by atoms with van der Waals surface area (Å²) in [6, 6.07) is 8.25. The number of nitrogens with one attached hydrogen (secondary N) is 2. The first-order valence-corrected chi connectivity index (χ1v) is 9.20. The van der Waals surface area contributed by atoms with Crippen LogP contribution in [0.3, 0.4) is 0 Å². The van der Waals surface area contributed by atoms with Crippen molar-refractivity contribution in [1.82, 2.24) is 15.5 Å². The van der Waals surface area contributed by atoms with Crippen molar-refractivity contribution in [3.05, 3.63) is 35.4 Å². The third-order valence-corrected chi connectivity index (χ3v) is 4.53. The lowest BCUT2D eigenvalue weighted by molar-refractivity contribution is -0.131. The summed E-state index contributed by atoms with van der Waals surface area (Å²) in [7, 11) is 0. The van der Waals surface area contributed by atoms with Crippen molar-refractivity contribution in [2.75, 3.05) is 19.6 Å². The molecule has 2 N–H and O–H groups in total. The molecule has 1 aromatic carbocycles. The normalized spacial score (nSPS) is 15.6. The zero-order valence-corrected chi connectivity index (χ0v) is 15.7. The van der Waals surface area contributed by atoms with Gasteiger partial charge in [-0.05, 0) is 37.1 Å². The molecule has 2 rings (SSSR count). The fraction of sp³-hybridized carbons (Fsp3) is 0.600. The van der Waals surface area contributed by atoms with E-state index in [9.17, 15) is 9.59 Å². The van der Waals surface area contributed by atoms with Crippen molar-refractivity contribution < 1.29 is 9.59 Å². The molecule has 0 bridgehead atoms. The van der Waals surface area contributed by atoms with E-state index in [0.29, 0.717) is 6.54 Å². The molecule has 0 aromatic heterocycles. The first-order valence-electron chi connectivity index (χ1n) is 9.20. The third-order valence-electron chi connectivity index (χ3n) is 4.53. The molecule has 0 saturated carbocycles. The Morgan fingerprint density at radius 1 is 1.00 bits per heavy atom. The van der Waals surface area contributed by atoms with Gasteiger partial charge in [-0.3, -0.25) is 14.5 Å². The van der Waals surface area contributed by atoms with Crippen molar-refractivity contribution in [2.24, 2.45) is 5.41 Å². The summed E-state index contributed by atoms with van der Waals surface area (Å²) >= 11 is 0. The summed E-state index contributed by atoms with van der Waals surface area (Å²) in [4.78, 5) is 26.3. The van der Waals surface area contributed by atoms with Crippen molar-refractivity contribution >= 4 is 11.8 Å². The van der Waals surface area contributed by atoms with Crippen molar-refractivity contribution in [2.45, 2.75) is 53.1 Å². The predicted octanol–water partition coefficient (Wildman–Crippen LogP) is 2.45. The fourth-order valence-electron chi connectivity index (χ4n) is 2.92. The lowest BCUT2D eigenvalue weighted by Crippen LogP contribution is -2.41. The monoisotopic (exact) mass is 345 g/mol. The second-order valence-corrected chi connectivity index (χ2v) is 7.81. The summed E-state index contributed by atoms with van der Waals surface area (Å²) in [6.07, 6.45) is 3.87. The highest BCUT2D eigenvalue weighted by Gasteiger charge is 2.21. The van der Waals surface area contributed by atoms with Gasteiger partial charge in [0, 0.05) is 18.5 Å². The predicted molar refractivity (Wildman–Crippen MR) is 99.9 cm³/mol. The molecular weight excluding hydrogens is 314 g/mol. The van der Waals surface area contributed by atoms with E-state index < -0.39 is 5.41 Å². The Labute approximate surface area is 151 Å². The van der Waals surface area contributed by atoms with Crippen LogP contribution in [0.2, 0.25) is 0 Å². The van der Waals surface area contributed by atoms with Crippen LogP contribution < -0.4 is 10.6 Å². The lowest BCUT2D eigenvalue weighted by atomic mass is 9.96. The van der Waals surface area contributed by atoms with E-state index >= 15 is 0 Å². The maximum Gasteiger partial charge on any atom is 0.239 e. The molecule has 0 spiro atoms. The number of nitrogens with zero attached hydrogens (tertiary/aromatic N) is 1. The Balaban J connectivity index is 1.83. The van der Waals surface area contributed by atoms with Crippen molar-refractivity contribution in [3.63, 3.8) is 0 Å². The van der Waals surface area contributed by atoms with Gasteiger partial charge in [-0.1, -0.05) is 51.5 Å². The zero-order valence-electron chi connectivity index (χ0n) is 15.7. The van der Waals surface area contributed by atoms with E-state index in [1.54, 1.807) is 0 Å². The van der Waals surface area contributed by atoms with Crippen molar-refractivity contribution in [3.8, 4) is 0 Å². The largest absolute Gasteiger partial charge is 0.350 e. The second-order valence-electron chi connectivity index (χ2n) is 7.81. The Bertz CT molecular complexity index is 587. The molecule has 1 aromatic rings. The van der Waals surface area contributed by atoms with Crippen LogP contribution in [-0.4, -0.2) is 36.3 Å². The van der Waals surface area contributed by atoms with Gasteiger partial charge < -0.3 is 10.6 Å². The van der Waals surface area contributed by atoms with Gasteiger partial charge in [0.25, 0.3) is 0 Å². The summed E-state index contributed by atoms with van der Waals surface area (Å²) in [5.41, 5.74) is 1.92. The van der Waals surface area contributed by atoms with Crippen LogP contribution in [0.25, 0.3) is 0 Å². The van der Waals surface area contributed by atoms with E-state index in [-0.39, 0.29) is 18.4 Å². The first-order chi connectivity index (χ1) is 11.9. The molecule has 1 heterocycles. The van der Waals surface area contributed by atoms with Crippen LogP contribution in [0, 0.1) is 5.41 Å². The smallest absolute Gasteiger partial charge is 0.239 e. The maximum atomic E-state index is 12.0. The standard InChI is InChI=1S/C20H31N3O2/c1-20(2,3)19(25)22-14-18(24)21-13-16-9-5-6-10-17(16)15-23-11-7-4-8-12-23/h5-6,9-10H,4,7-8,11-15H2,1-3H3,(H,21,24)(H,22,25). The molecule has 0 aliphatic carbocycles. The number of carbonyl (C=O) groups is 2. The van der Waals surface area contributed by atoms with Gasteiger partial charge >= 0.3 is 0 Å². The Kier molecular flexibility index (Phi) is 7.00. The molecule has 0 atom stereocenters. The van der Waals surface area contributed by atoms with E-state index in [1.807, 2.05) is 32.9 Å². The highest BCUT2D eigenvalue weighted by molar-refractivity contribution is 5.87. The Morgan fingerprint density at radius 3 is 2.28 bits per heavy atom. The minimum atomic E-state index is -0.485. The van der Waals surface area contributed by atoms with Gasteiger partial charge in [0.1, 0.15) is 0 Å². The topological polar surface area (TPSA) is 61.4 Å². The number of hydrogen-bond acceptors (Lipinski definition) is 3. The Morgan fingerprint density at radius 2 is 1.64 bits per heavy atom. The summed E-state index contributed by atoms with van der Waals surface area (Å²) in [6.45, 7) is 9.25. The number of benzene rings is 1. The van der Waals surface area contributed by atoms with E-state index in [0.717, 1.165) is 25.2 Å². The van der Waals surface area contributed by atoms with Gasteiger partial charge in [0.05, 0.1) is 6.54 Å². The molecule has 0 unspecified atom stereocenters. The number of amides is 2. The molecule has 138 valence electrons. The number of carbonyl (C=O) groups excluding carboxylic acids is 2. The minimum Gasteiger partial charge on any atom is -0.350 e. The number of hydrogen-bond donors (Lipinski definition) is 2. The molecule has 0 radical (unpaired) electrons. The highest BCUT2D eigenvalue weighted by atomic mass is 16.2. The van der Waals surface area contributed by atoms with E-state index in [4.69, 9.17) is 0 Å². The van der Waals surface area contributed by atoms with Crippen LogP contribution >= 0.6 is 0 Å². The molecule has 5 nitrogen and oxygen atoms in total. The molecule has 1 fully saturated rings. The van der Waals surface area contributed by atoms with Gasteiger partial charge in [-0.2, -0.15) is 0 Å². The van der Waals surface area contributed by atoms with Gasteiger partial charge in [0.15, 0.2) is 0 Å². The number of likely N-dealkylation sites (tertiary alicyclic amines) is 1. The van der Waals surface area contributed by atoms with E-state index in [2.05, 4.69) is 27.7 Å². The number of piperidine rings is 1. The zero-order chi connectivity index (χ0) is 18.3. The van der Waals surface area contributed by atoms with Gasteiger partial charge in [-0.15, -0.1) is 0 Å². The molecule has 25 heavy (non-hydrogen) atoms. The third kappa shape index (κ3) is 6.50. The lowest BCUT2D eigenvalue weighted by Gasteiger charge is -2.27. The minimum absolute atomic E-state index is 0.0182. The Hall–Kier alpha value is -1.88. The summed E-state index contributed by atoms with van der Waals surface area (Å²) < 4.78 is 0. The fourth-order valence-corrected chi connectivity index (χ4v) is 2.92. The molecule has 2 amide bonds. The second kappa shape index (κ2) is 8.99. The molecular formula is C20H31N3O2. The van der Waals surface area contributed by atoms with Crippen LogP contribution in [0.1, 0.15) is 51.2 Å². The summed E-state index contributed by atoms with van der Waals surface area (Å²) in [5.74, 6) is -0.279. The van der Waals surface area contributed by atoms with Crippen LogP contribution in [0.5, 0.6) is 0 Å². The quantitative estimate of drug-likeness (QED) is 0.832. The van der Waals surface area contributed by atoms with Gasteiger partial charge in [-0.25, -0.2) is 0 Å². The average molecular weight is 345 g/mol. The van der Waals surface area contributed by atoms with Gasteiger partial charge in [0.2, 0.25) is 11.8 Å². The van der Waals surface area contributed by atoms with E-state index in [1.165, 1.54) is 24.8 Å². The molecule has 1 aliphatic rings. The van der Waals surface area contributed by atoms with Crippen molar-refractivity contribution in [1.29, 1.82) is 0 Å². The first kappa shape index (κ1) is 19.4. The molecule has 1 aliphatic heterocycles. The van der Waals surface area contributed by atoms with Crippen LogP contribution in [-0.2, 0) is 22.7 Å². The van der Waals surface area contributed by atoms with Crippen LogP contribution in [0.4, 0.5) is 0 Å². The number of rotatable bonds is 6.